The van der Waals surface area contributed by atoms with Gasteiger partial charge < -0.3 is 0 Å². The molecule has 0 saturated carbocycles. The lowest BCUT2D eigenvalue weighted by atomic mass is 9.67. The third-order valence-electron chi connectivity index (χ3n) is 19.5. The predicted molar refractivity (Wildman–Crippen MR) is 355 cm³/mol. The summed E-state index contributed by atoms with van der Waals surface area (Å²) in [4.78, 5) is 0. The van der Waals surface area contributed by atoms with E-state index in [1.165, 1.54) is 176 Å². The highest BCUT2D eigenvalue weighted by atomic mass is 14.5. The van der Waals surface area contributed by atoms with Crippen LogP contribution in [-0.4, -0.2) is 0 Å². The molecule has 15 aromatic carbocycles. The molecule has 0 heterocycles. The van der Waals surface area contributed by atoms with Crippen LogP contribution in [0.5, 0.6) is 0 Å². The molecule has 0 radical (unpaired) electrons. The van der Waals surface area contributed by atoms with Gasteiger partial charge >= 0.3 is 0 Å². The maximum atomic E-state index is 2.57. The summed E-state index contributed by atoms with van der Waals surface area (Å²) in [6.07, 6.45) is 0. The lowest BCUT2D eigenvalue weighted by molar-refractivity contribution is 0.768. The van der Waals surface area contributed by atoms with E-state index in [9.17, 15) is 0 Å². The van der Waals surface area contributed by atoms with Crippen LogP contribution in [0.3, 0.4) is 0 Å². The zero-order valence-corrected chi connectivity index (χ0v) is 47.6. The van der Waals surface area contributed by atoms with E-state index < -0.39 is 10.8 Å². The highest BCUT2D eigenvalue weighted by Crippen LogP contribution is 2.60. The molecule has 0 aromatic heterocycles. The van der Waals surface area contributed by atoms with Crippen LogP contribution < -0.4 is 0 Å². The van der Waals surface area contributed by atoms with Crippen LogP contribution in [0.25, 0.3) is 109 Å². The van der Waals surface area contributed by atoms with Crippen molar-refractivity contribution < 1.29 is 0 Å². The average Bonchev–Trinajstić information content (AvgIpc) is 1.76. The molecule has 0 atom stereocenters. The van der Waals surface area contributed by atoms with Crippen LogP contribution in [0.4, 0.5) is 0 Å². The molecule has 2 aliphatic carbocycles. The van der Waals surface area contributed by atoms with E-state index in [1.54, 1.807) is 0 Å². The van der Waals surface area contributed by atoms with E-state index in [1.807, 2.05) is 0 Å². The van der Waals surface area contributed by atoms with Crippen LogP contribution in [-0.2, 0) is 10.8 Å². The first kappa shape index (κ1) is 48.6. The van der Waals surface area contributed by atoms with Crippen LogP contribution in [0.15, 0.2) is 279 Å². The molecule has 0 bridgehead atoms. The lowest BCUT2D eigenvalue weighted by Crippen LogP contribution is -2.28. The van der Waals surface area contributed by atoms with Crippen LogP contribution in [0, 0.1) is 27.7 Å². The monoisotopic (exact) mass is 1070 g/mol. The van der Waals surface area contributed by atoms with Crippen LogP contribution in [0.1, 0.15) is 66.8 Å². The second kappa shape index (κ2) is 18.2. The van der Waals surface area contributed by atoms with Gasteiger partial charge in [0.15, 0.2) is 0 Å². The van der Waals surface area contributed by atoms with E-state index >= 15 is 0 Å². The van der Waals surface area contributed by atoms with Gasteiger partial charge in [-0.25, -0.2) is 0 Å². The summed E-state index contributed by atoms with van der Waals surface area (Å²) in [6, 6.07) is 108. The molecule has 0 fully saturated rings. The lowest BCUT2D eigenvalue weighted by Gasteiger charge is -2.34. The molecule has 0 saturated heterocycles. The van der Waals surface area contributed by atoms with Crippen LogP contribution >= 0.6 is 0 Å². The Balaban J connectivity index is 0.976. The molecule has 0 unspecified atom stereocenters. The van der Waals surface area contributed by atoms with E-state index in [-0.39, 0.29) is 0 Å². The average molecular weight is 1070 g/mol. The summed E-state index contributed by atoms with van der Waals surface area (Å²) in [6.45, 7) is 8.78. The fourth-order valence-electron chi connectivity index (χ4n) is 15.6. The third kappa shape index (κ3) is 6.77. The largest absolute Gasteiger partial charge is 0.0713 e. The second-order valence-electron chi connectivity index (χ2n) is 24.1. The zero-order chi connectivity index (χ0) is 56.0. The van der Waals surface area contributed by atoms with Gasteiger partial charge in [0.2, 0.25) is 0 Å². The number of benzene rings is 15. The second-order valence-corrected chi connectivity index (χ2v) is 24.1. The first-order valence-electron chi connectivity index (χ1n) is 29.7. The van der Waals surface area contributed by atoms with Gasteiger partial charge in [0.05, 0.1) is 10.8 Å². The molecular formula is C84H58. The van der Waals surface area contributed by atoms with E-state index in [0.29, 0.717) is 0 Å². The van der Waals surface area contributed by atoms with Crippen molar-refractivity contribution in [1.82, 2.24) is 0 Å². The van der Waals surface area contributed by atoms with E-state index in [2.05, 4.69) is 307 Å². The maximum absolute atomic E-state index is 2.57. The fourth-order valence-corrected chi connectivity index (χ4v) is 15.6. The Morgan fingerprint density at radius 1 is 0.214 bits per heavy atom. The van der Waals surface area contributed by atoms with Crippen molar-refractivity contribution in [2.75, 3.05) is 0 Å². The predicted octanol–water partition coefficient (Wildman–Crippen LogP) is 21.9. The minimum atomic E-state index is -0.564. The molecule has 0 N–H and O–H groups in total. The first-order valence-corrected chi connectivity index (χ1v) is 29.7. The molecule has 17 rings (SSSR count). The van der Waals surface area contributed by atoms with Gasteiger partial charge in [-0.15, -0.1) is 0 Å². The summed E-state index contributed by atoms with van der Waals surface area (Å²) < 4.78 is 0. The van der Waals surface area contributed by atoms with Crippen molar-refractivity contribution in [2.24, 2.45) is 0 Å². The fraction of sp³-hybridized carbons (Fsp3) is 0.0714. The highest BCUT2D eigenvalue weighted by Gasteiger charge is 2.48. The molecule has 394 valence electrons. The topological polar surface area (TPSA) is 0 Å². The van der Waals surface area contributed by atoms with Gasteiger partial charge in [0, 0.05) is 0 Å². The molecule has 2 aliphatic rings. The van der Waals surface area contributed by atoms with Crippen molar-refractivity contribution in [3.8, 4) is 55.6 Å². The molecule has 84 heavy (non-hydrogen) atoms. The number of fused-ring (bicyclic) bond motifs is 8. The third-order valence-corrected chi connectivity index (χ3v) is 19.5. The van der Waals surface area contributed by atoms with E-state index in [0.717, 1.165) is 0 Å². The molecule has 0 heteroatoms. The number of hydrogen-bond acceptors (Lipinski definition) is 0. The smallest absolute Gasteiger partial charge is 0.0619 e. The maximum Gasteiger partial charge on any atom is 0.0713 e. The van der Waals surface area contributed by atoms with Crippen molar-refractivity contribution in [2.45, 2.75) is 38.5 Å². The molecule has 0 spiro atoms. The standard InChI is InChI=1S/C84H58/c1-51-20-35-61(36-21-51)83(62-37-22-52(2)23-38-62)75-18-9-7-14-66(75)68-44-33-59(49-77(68)83)80-70-16-5-6-17-71(70)81(74-48-58(32-47-73(74)80)65-43-30-57-29-28-55-12-11-13-56-31-46-72(65)82(57)79(55)56)60-34-45-69-67-15-8-10-19-76(67)84(78(69)50-60,63-39-24-53(3)25-40-63)64-41-26-54(4)27-42-64/h5-50H,1-4H3. The first-order chi connectivity index (χ1) is 41.3. The zero-order valence-electron chi connectivity index (χ0n) is 47.6. The van der Waals surface area contributed by atoms with Gasteiger partial charge in [0.1, 0.15) is 0 Å². The van der Waals surface area contributed by atoms with Gasteiger partial charge in [-0.1, -0.05) is 283 Å². The summed E-state index contributed by atoms with van der Waals surface area (Å²) in [5, 5.41) is 12.7. The van der Waals surface area contributed by atoms with Gasteiger partial charge in [0.25, 0.3) is 0 Å². The Kier molecular flexibility index (Phi) is 10.5. The number of rotatable bonds is 7. The van der Waals surface area contributed by atoms with Crippen molar-refractivity contribution >= 4 is 53.9 Å². The highest BCUT2D eigenvalue weighted by molar-refractivity contribution is 6.27. The minimum absolute atomic E-state index is 0.555. The molecule has 0 aliphatic heterocycles. The number of aryl methyl sites for hydroxylation is 4. The molecular weight excluding hydrogens is 1010 g/mol. The van der Waals surface area contributed by atoms with Crippen LogP contribution in [0.2, 0.25) is 0 Å². The Labute approximate surface area is 491 Å². The summed E-state index contributed by atoms with van der Waals surface area (Å²) in [5.41, 5.74) is 26.7. The Morgan fingerprint density at radius 2 is 0.571 bits per heavy atom. The molecule has 0 amide bonds. The Bertz CT molecular complexity index is 5080. The Hall–Kier alpha value is -10.1. The molecule has 0 nitrogen and oxygen atoms in total. The van der Waals surface area contributed by atoms with Crippen molar-refractivity contribution in [3.05, 3.63) is 346 Å². The SMILES string of the molecule is Cc1ccc(C2(c3ccc(C)cc3)c3ccccc3-c3ccc(-c4c5ccccc5c(-c5ccc6c(c5)C(c5ccc(C)cc5)(c5ccc(C)cc5)c5ccccc5-6)c5cc(-c6ccc7ccc8cccc9ccc6c7c89)ccc45)cc32)cc1. The van der Waals surface area contributed by atoms with E-state index in [4.69, 9.17) is 0 Å². The quantitative estimate of drug-likeness (QED) is 0.110. The minimum Gasteiger partial charge on any atom is -0.0619 e. The van der Waals surface area contributed by atoms with Crippen molar-refractivity contribution in [3.63, 3.8) is 0 Å². The Morgan fingerprint density at radius 3 is 1.06 bits per heavy atom. The normalized spacial score (nSPS) is 13.7. The van der Waals surface area contributed by atoms with Gasteiger partial charge in [-0.3, -0.25) is 0 Å². The van der Waals surface area contributed by atoms with Gasteiger partial charge in [-0.05, 0) is 200 Å². The summed E-state index contributed by atoms with van der Waals surface area (Å²) >= 11 is 0. The summed E-state index contributed by atoms with van der Waals surface area (Å²) in [7, 11) is 0. The summed E-state index contributed by atoms with van der Waals surface area (Å²) in [5.74, 6) is 0. The van der Waals surface area contributed by atoms with Crippen molar-refractivity contribution in [1.29, 1.82) is 0 Å². The molecule has 15 aromatic rings. The number of hydrogen-bond donors (Lipinski definition) is 0. The van der Waals surface area contributed by atoms with Gasteiger partial charge in [-0.2, -0.15) is 0 Å².